The number of hydrogen-bond acceptors (Lipinski definition) is 2. The Balaban J connectivity index is 1.65. The van der Waals surface area contributed by atoms with Gasteiger partial charge in [-0.05, 0) is 49.7 Å². The number of hydrogen-bond donors (Lipinski definition) is 0. The molecule has 2 aromatic rings. The largest absolute Gasteiger partial charge is 0.337 e. The first-order valence-corrected chi connectivity index (χ1v) is 8.45. The lowest BCUT2D eigenvalue weighted by Crippen LogP contribution is -2.37. The maximum Gasteiger partial charge on any atom is 0.253 e. The SMILES string of the molecule is Cc1ccc(C(=O)N2CCCN(C(=O)c3ccc(F)cc3)CC2)cc1. The van der Waals surface area contributed by atoms with Gasteiger partial charge in [0.05, 0.1) is 0 Å². The Kier molecular flexibility index (Phi) is 5.12. The van der Waals surface area contributed by atoms with E-state index in [1.54, 1.807) is 9.80 Å². The van der Waals surface area contributed by atoms with Crippen molar-refractivity contribution in [3.05, 3.63) is 71.0 Å². The third-order valence-corrected chi connectivity index (χ3v) is 4.46. The van der Waals surface area contributed by atoms with Gasteiger partial charge < -0.3 is 9.80 Å². The molecule has 2 aromatic carbocycles. The highest BCUT2D eigenvalue weighted by Gasteiger charge is 2.23. The number of halogens is 1. The lowest BCUT2D eigenvalue weighted by atomic mass is 10.1. The number of carbonyl (C=O) groups excluding carboxylic acids is 2. The van der Waals surface area contributed by atoms with Crippen molar-refractivity contribution in [3.8, 4) is 0 Å². The van der Waals surface area contributed by atoms with E-state index >= 15 is 0 Å². The summed E-state index contributed by atoms with van der Waals surface area (Å²) in [6, 6.07) is 13.1. The molecule has 1 aliphatic heterocycles. The lowest BCUT2D eigenvalue weighted by molar-refractivity contribution is 0.0718. The molecule has 0 saturated carbocycles. The molecule has 0 atom stereocenters. The number of nitrogens with zero attached hydrogens (tertiary/aromatic N) is 2. The summed E-state index contributed by atoms with van der Waals surface area (Å²) in [6.45, 7) is 4.18. The average Bonchev–Trinajstić information content (AvgIpc) is 2.88. The third kappa shape index (κ3) is 4.05. The van der Waals surface area contributed by atoms with E-state index < -0.39 is 0 Å². The van der Waals surface area contributed by atoms with Gasteiger partial charge in [0.2, 0.25) is 0 Å². The summed E-state index contributed by atoms with van der Waals surface area (Å²) >= 11 is 0. The highest BCUT2D eigenvalue weighted by molar-refractivity contribution is 5.95. The van der Waals surface area contributed by atoms with Crippen LogP contribution in [0.25, 0.3) is 0 Å². The van der Waals surface area contributed by atoms with E-state index in [2.05, 4.69) is 0 Å². The van der Waals surface area contributed by atoms with Gasteiger partial charge in [0.1, 0.15) is 5.82 Å². The van der Waals surface area contributed by atoms with Crippen LogP contribution in [0, 0.1) is 12.7 Å². The van der Waals surface area contributed by atoms with Gasteiger partial charge in [-0.2, -0.15) is 0 Å². The van der Waals surface area contributed by atoms with E-state index in [4.69, 9.17) is 0 Å². The van der Waals surface area contributed by atoms with Crippen molar-refractivity contribution in [1.82, 2.24) is 9.80 Å². The molecule has 1 aliphatic rings. The summed E-state index contributed by atoms with van der Waals surface area (Å²) in [5.41, 5.74) is 2.26. The summed E-state index contributed by atoms with van der Waals surface area (Å²) in [5, 5.41) is 0. The van der Waals surface area contributed by atoms with Crippen LogP contribution in [-0.4, -0.2) is 47.8 Å². The van der Waals surface area contributed by atoms with E-state index in [0.29, 0.717) is 37.3 Å². The zero-order valence-corrected chi connectivity index (χ0v) is 14.2. The molecule has 1 heterocycles. The van der Waals surface area contributed by atoms with E-state index in [-0.39, 0.29) is 17.6 Å². The number of amides is 2. The third-order valence-electron chi connectivity index (χ3n) is 4.46. The predicted molar refractivity (Wildman–Crippen MR) is 94.0 cm³/mol. The van der Waals surface area contributed by atoms with Crippen LogP contribution in [0.15, 0.2) is 48.5 Å². The number of rotatable bonds is 2. The van der Waals surface area contributed by atoms with Crippen molar-refractivity contribution in [2.24, 2.45) is 0 Å². The van der Waals surface area contributed by atoms with Gasteiger partial charge in [0, 0.05) is 37.3 Å². The zero-order chi connectivity index (χ0) is 17.8. The van der Waals surface area contributed by atoms with Gasteiger partial charge in [-0.25, -0.2) is 4.39 Å². The van der Waals surface area contributed by atoms with Gasteiger partial charge in [-0.15, -0.1) is 0 Å². The molecule has 0 aliphatic carbocycles. The Labute approximate surface area is 146 Å². The lowest BCUT2D eigenvalue weighted by Gasteiger charge is -2.22. The van der Waals surface area contributed by atoms with E-state index in [1.807, 2.05) is 31.2 Å². The maximum absolute atomic E-state index is 13.0. The standard InChI is InChI=1S/C20H21FN2O2/c1-15-3-5-16(6-4-15)19(24)22-11-2-12-23(14-13-22)20(25)17-7-9-18(21)10-8-17/h3-10H,2,11-14H2,1H3. The van der Waals surface area contributed by atoms with Gasteiger partial charge in [-0.1, -0.05) is 17.7 Å². The van der Waals surface area contributed by atoms with Gasteiger partial charge in [0.15, 0.2) is 0 Å². The minimum absolute atomic E-state index is 0.00363. The summed E-state index contributed by atoms with van der Waals surface area (Å²) in [5.74, 6) is -0.483. The molecule has 0 aromatic heterocycles. The van der Waals surface area contributed by atoms with Crippen LogP contribution in [0.5, 0.6) is 0 Å². The second-order valence-corrected chi connectivity index (χ2v) is 6.31. The molecule has 3 rings (SSSR count). The van der Waals surface area contributed by atoms with Crippen LogP contribution in [0.1, 0.15) is 32.7 Å². The Bertz CT molecular complexity index is 691. The fourth-order valence-corrected chi connectivity index (χ4v) is 2.98. The number of aryl methyl sites for hydroxylation is 1. The smallest absolute Gasteiger partial charge is 0.253 e. The average molecular weight is 340 g/mol. The highest BCUT2D eigenvalue weighted by atomic mass is 19.1. The topological polar surface area (TPSA) is 40.6 Å². The molecule has 4 nitrogen and oxygen atoms in total. The van der Waals surface area contributed by atoms with Gasteiger partial charge in [0.25, 0.3) is 11.8 Å². The van der Waals surface area contributed by atoms with E-state index in [0.717, 1.165) is 12.0 Å². The molecule has 0 spiro atoms. The first-order chi connectivity index (χ1) is 12.0. The molecule has 130 valence electrons. The molecular formula is C20H21FN2O2. The molecule has 0 bridgehead atoms. The monoisotopic (exact) mass is 340 g/mol. The van der Waals surface area contributed by atoms with Gasteiger partial charge in [-0.3, -0.25) is 9.59 Å². The predicted octanol–water partition coefficient (Wildman–Crippen LogP) is 3.12. The van der Waals surface area contributed by atoms with Crippen LogP contribution in [0.2, 0.25) is 0 Å². The van der Waals surface area contributed by atoms with Crippen LogP contribution < -0.4 is 0 Å². The number of carbonyl (C=O) groups is 2. The zero-order valence-electron chi connectivity index (χ0n) is 14.2. The number of benzene rings is 2. The molecule has 0 N–H and O–H groups in total. The molecule has 1 fully saturated rings. The molecular weight excluding hydrogens is 319 g/mol. The van der Waals surface area contributed by atoms with Crippen molar-refractivity contribution >= 4 is 11.8 Å². The van der Waals surface area contributed by atoms with Crippen molar-refractivity contribution in [2.45, 2.75) is 13.3 Å². The molecule has 25 heavy (non-hydrogen) atoms. The summed E-state index contributed by atoms with van der Waals surface area (Å²) in [6.07, 6.45) is 0.727. The molecule has 0 radical (unpaired) electrons. The fraction of sp³-hybridized carbons (Fsp3) is 0.300. The Morgan fingerprint density at radius 3 is 1.68 bits per heavy atom. The van der Waals surface area contributed by atoms with E-state index in [9.17, 15) is 14.0 Å². The summed E-state index contributed by atoms with van der Waals surface area (Å²) < 4.78 is 13.0. The second-order valence-electron chi connectivity index (χ2n) is 6.31. The van der Waals surface area contributed by atoms with Crippen molar-refractivity contribution in [1.29, 1.82) is 0 Å². The second kappa shape index (κ2) is 7.47. The van der Waals surface area contributed by atoms with Gasteiger partial charge >= 0.3 is 0 Å². The minimum atomic E-state index is -0.359. The Morgan fingerprint density at radius 2 is 1.20 bits per heavy atom. The van der Waals surface area contributed by atoms with Crippen LogP contribution >= 0.6 is 0 Å². The van der Waals surface area contributed by atoms with Crippen molar-refractivity contribution in [3.63, 3.8) is 0 Å². The maximum atomic E-state index is 13.0. The molecule has 5 heteroatoms. The van der Waals surface area contributed by atoms with Crippen molar-refractivity contribution in [2.75, 3.05) is 26.2 Å². The summed E-state index contributed by atoms with van der Waals surface area (Å²) in [4.78, 5) is 28.7. The van der Waals surface area contributed by atoms with Crippen LogP contribution in [0.3, 0.4) is 0 Å². The Hall–Kier alpha value is -2.69. The minimum Gasteiger partial charge on any atom is -0.337 e. The van der Waals surface area contributed by atoms with Crippen LogP contribution in [-0.2, 0) is 0 Å². The Morgan fingerprint density at radius 1 is 0.760 bits per heavy atom. The first kappa shape index (κ1) is 17.1. The highest BCUT2D eigenvalue weighted by Crippen LogP contribution is 2.13. The molecule has 2 amide bonds. The summed E-state index contributed by atoms with van der Waals surface area (Å²) in [7, 11) is 0. The normalized spacial score (nSPS) is 15.0. The quantitative estimate of drug-likeness (QED) is 0.843. The fourth-order valence-electron chi connectivity index (χ4n) is 2.98. The van der Waals surface area contributed by atoms with Crippen molar-refractivity contribution < 1.29 is 14.0 Å². The van der Waals surface area contributed by atoms with Crippen LogP contribution in [0.4, 0.5) is 4.39 Å². The first-order valence-electron chi connectivity index (χ1n) is 8.45. The van der Waals surface area contributed by atoms with E-state index in [1.165, 1.54) is 24.3 Å². The molecule has 0 unspecified atom stereocenters. The molecule has 1 saturated heterocycles.